The summed E-state index contributed by atoms with van der Waals surface area (Å²) in [6.07, 6.45) is -0.174. The van der Waals surface area contributed by atoms with Gasteiger partial charge in [-0.1, -0.05) is 28.1 Å². The van der Waals surface area contributed by atoms with E-state index in [-0.39, 0.29) is 12.0 Å². The number of aliphatic carboxylic acids is 1. The SMILES string of the molecule is CC1(C)OB(C(F)=C(CC(N)C(=O)O)c2ccc(Br)cc2)OC1(C)C. The minimum atomic E-state index is -1.23. The second kappa shape index (κ2) is 7.19. The van der Waals surface area contributed by atoms with Gasteiger partial charge in [-0.2, -0.15) is 0 Å². The van der Waals surface area contributed by atoms with Crippen LogP contribution in [0.25, 0.3) is 5.57 Å². The van der Waals surface area contributed by atoms with Gasteiger partial charge in [-0.25, -0.2) is 4.39 Å². The standard InChI is InChI=1S/C17H22BBrFNO4/c1-16(2)17(3,4)25-18(24-16)14(20)12(9-13(21)15(22)23)10-5-7-11(19)8-6-10/h5-8,13H,9,21H2,1-4H3,(H,22,23). The number of hydrogen-bond acceptors (Lipinski definition) is 4. The number of halogens is 2. The zero-order chi connectivity index (χ0) is 19.0. The molecule has 0 aromatic heterocycles. The van der Waals surface area contributed by atoms with Crippen molar-refractivity contribution in [1.29, 1.82) is 0 Å². The molecule has 1 atom stereocenters. The van der Waals surface area contributed by atoms with Gasteiger partial charge in [0.2, 0.25) is 0 Å². The summed E-state index contributed by atoms with van der Waals surface area (Å²) in [5, 5.41) is 9.10. The van der Waals surface area contributed by atoms with Crippen molar-refractivity contribution in [2.75, 3.05) is 0 Å². The molecule has 1 unspecified atom stereocenters. The molecule has 0 spiro atoms. The Balaban J connectivity index is 2.44. The second-order valence-electron chi connectivity index (χ2n) is 7.07. The van der Waals surface area contributed by atoms with E-state index in [1.54, 1.807) is 24.3 Å². The van der Waals surface area contributed by atoms with E-state index in [1.165, 1.54) is 0 Å². The smallest absolute Gasteiger partial charge is 0.480 e. The Kier molecular flexibility index (Phi) is 5.78. The van der Waals surface area contributed by atoms with Crippen LogP contribution in [0.2, 0.25) is 0 Å². The van der Waals surface area contributed by atoms with Crippen molar-refractivity contribution in [1.82, 2.24) is 0 Å². The monoisotopic (exact) mass is 413 g/mol. The molecule has 1 heterocycles. The van der Waals surface area contributed by atoms with Gasteiger partial charge in [0, 0.05) is 10.9 Å². The summed E-state index contributed by atoms with van der Waals surface area (Å²) in [6, 6.07) is 5.66. The van der Waals surface area contributed by atoms with Gasteiger partial charge >= 0.3 is 13.1 Å². The van der Waals surface area contributed by atoms with Crippen molar-refractivity contribution >= 4 is 34.6 Å². The van der Waals surface area contributed by atoms with Gasteiger partial charge in [0.25, 0.3) is 0 Å². The maximum atomic E-state index is 15.2. The van der Waals surface area contributed by atoms with Crippen LogP contribution in [0.4, 0.5) is 4.39 Å². The lowest BCUT2D eigenvalue weighted by atomic mass is 9.81. The van der Waals surface area contributed by atoms with E-state index < -0.39 is 36.1 Å². The number of hydrogen-bond donors (Lipinski definition) is 2. The molecule has 3 N–H and O–H groups in total. The highest BCUT2D eigenvalue weighted by molar-refractivity contribution is 9.10. The van der Waals surface area contributed by atoms with Crippen LogP contribution in [-0.2, 0) is 14.1 Å². The van der Waals surface area contributed by atoms with Crippen LogP contribution in [0.3, 0.4) is 0 Å². The largest absolute Gasteiger partial charge is 0.525 e. The molecule has 0 saturated carbocycles. The molecule has 0 bridgehead atoms. The molecular formula is C17H22BBrFNO4. The van der Waals surface area contributed by atoms with Gasteiger partial charge < -0.3 is 20.1 Å². The molecule has 1 aromatic carbocycles. The lowest BCUT2D eigenvalue weighted by molar-refractivity contribution is -0.138. The zero-order valence-corrected chi connectivity index (χ0v) is 16.3. The number of carbonyl (C=O) groups is 1. The number of rotatable bonds is 5. The Hall–Kier alpha value is -1.22. The predicted octanol–water partition coefficient (Wildman–Crippen LogP) is 3.56. The van der Waals surface area contributed by atoms with Crippen molar-refractivity contribution < 1.29 is 23.6 Å². The molecule has 1 fully saturated rings. The zero-order valence-electron chi connectivity index (χ0n) is 14.7. The van der Waals surface area contributed by atoms with Crippen LogP contribution in [0.15, 0.2) is 34.5 Å². The van der Waals surface area contributed by atoms with Gasteiger partial charge in [-0.15, -0.1) is 0 Å². The Labute approximate surface area is 155 Å². The Morgan fingerprint density at radius 3 is 2.16 bits per heavy atom. The fourth-order valence-corrected chi connectivity index (χ4v) is 2.66. The molecule has 8 heteroatoms. The topological polar surface area (TPSA) is 81.8 Å². The summed E-state index contributed by atoms with van der Waals surface area (Å²) >= 11 is 3.32. The van der Waals surface area contributed by atoms with Crippen LogP contribution in [0.5, 0.6) is 0 Å². The third-order valence-corrected chi connectivity index (χ3v) is 5.21. The predicted molar refractivity (Wildman–Crippen MR) is 98.5 cm³/mol. The summed E-state index contributed by atoms with van der Waals surface area (Å²) < 4.78 is 27.5. The minimum Gasteiger partial charge on any atom is -0.480 e. The van der Waals surface area contributed by atoms with Crippen LogP contribution in [-0.4, -0.2) is 35.4 Å². The first-order chi connectivity index (χ1) is 11.4. The molecule has 1 aliphatic heterocycles. The van der Waals surface area contributed by atoms with Crippen molar-refractivity contribution in [3.05, 3.63) is 40.0 Å². The van der Waals surface area contributed by atoms with Crippen LogP contribution in [0, 0.1) is 0 Å². The molecule has 1 aromatic rings. The molecule has 0 amide bonds. The highest BCUT2D eigenvalue weighted by Crippen LogP contribution is 2.40. The molecule has 25 heavy (non-hydrogen) atoms. The average molecular weight is 414 g/mol. The van der Waals surface area contributed by atoms with Crippen molar-refractivity contribution in [2.45, 2.75) is 51.4 Å². The minimum absolute atomic E-state index is 0.168. The quantitative estimate of drug-likeness (QED) is 0.721. The summed E-state index contributed by atoms with van der Waals surface area (Å²) in [7, 11) is -1.20. The van der Waals surface area contributed by atoms with Gasteiger partial charge in [0.1, 0.15) is 11.8 Å². The van der Waals surface area contributed by atoms with E-state index in [0.717, 1.165) is 4.47 Å². The molecule has 5 nitrogen and oxygen atoms in total. The van der Waals surface area contributed by atoms with Gasteiger partial charge in [0.05, 0.1) is 11.2 Å². The first kappa shape index (κ1) is 20.1. The number of carboxylic acids is 1. The van der Waals surface area contributed by atoms with E-state index in [4.69, 9.17) is 20.1 Å². The van der Waals surface area contributed by atoms with E-state index in [1.807, 2.05) is 27.7 Å². The summed E-state index contributed by atoms with van der Waals surface area (Å²) in [6.45, 7) is 7.29. The lowest BCUT2D eigenvalue weighted by Gasteiger charge is -2.32. The van der Waals surface area contributed by atoms with Crippen LogP contribution < -0.4 is 5.73 Å². The van der Waals surface area contributed by atoms with Crippen molar-refractivity contribution in [2.24, 2.45) is 5.73 Å². The van der Waals surface area contributed by atoms with E-state index >= 15 is 4.39 Å². The number of carboxylic acid groups (broad SMARTS) is 1. The molecule has 0 radical (unpaired) electrons. The Morgan fingerprint density at radius 1 is 1.24 bits per heavy atom. The third kappa shape index (κ3) is 4.31. The molecule has 1 aliphatic rings. The van der Waals surface area contributed by atoms with Gasteiger partial charge in [-0.3, -0.25) is 4.79 Å². The number of nitrogens with two attached hydrogens (primary N) is 1. The Bertz CT molecular complexity index is 674. The summed E-state index contributed by atoms with van der Waals surface area (Å²) in [5.74, 6) is -1.20. The van der Waals surface area contributed by atoms with E-state index in [9.17, 15) is 4.79 Å². The lowest BCUT2D eigenvalue weighted by Crippen LogP contribution is -2.41. The first-order valence-corrected chi connectivity index (χ1v) is 8.72. The van der Waals surface area contributed by atoms with Crippen molar-refractivity contribution in [3.63, 3.8) is 0 Å². The third-order valence-electron chi connectivity index (χ3n) is 4.68. The molecule has 0 aliphatic carbocycles. The normalized spacial score (nSPS) is 21.0. The maximum Gasteiger partial charge on any atom is 0.525 e. The average Bonchev–Trinajstić information content (AvgIpc) is 2.73. The number of benzene rings is 1. The summed E-state index contributed by atoms with van der Waals surface area (Å²) in [5.41, 5.74) is 4.28. The fourth-order valence-electron chi connectivity index (χ4n) is 2.40. The van der Waals surface area contributed by atoms with Crippen LogP contribution >= 0.6 is 15.9 Å². The van der Waals surface area contributed by atoms with Crippen LogP contribution in [0.1, 0.15) is 39.7 Å². The van der Waals surface area contributed by atoms with E-state index in [0.29, 0.717) is 5.56 Å². The molecular weight excluding hydrogens is 392 g/mol. The van der Waals surface area contributed by atoms with Gasteiger partial charge in [0.15, 0.2) is 0 Å². The first-order valence-electron chi connectivity index (χ1n) is 7.93. The molecule has 136 valence electrons. The maximum absolute atomic E-state index is 15.2. The second-order valence-corrected chi connectivity index (χ2v) is 7.99. The van der Waals surface area contributed by atoms with E-state index in [2.05, 4.69) is 15.9 Å². The Morgan fingerprint density at radius 2 is 1.72 bits per heavy atom. The van der Waals surface area contributed by atoms with Gasteiger partial charge in [-0.05, 0) is 51.0 Å². The summed E-state index contributed by atoms with van der Waals surface area (Å²) in [4.78, 5) is 11.1. The van der Waals surface area contributed by atoms with Crippen molar-refractivity contribution in [3.8, 4) is 0 Å². The highest BCUT2D eigenvalue weighted by Gasteiger charge is 2.53. The molecule has 2 rings (SSSR count). The highest BCUT2D eigenvalue weighted by atomic mass is 79.9. The fraction of sp³-hybridized carbons (Fsp3) is 0.471. The molecule has 1 saturated heterocycles.